The van der Waals surface area contributed by atoms with Crippen molar-refractivity contribution in [1.29, 1.82) is 0 Å². The number of aryl methyl sites for hydroxylation is 1. The number of morpholine rings is 1. The van der Waals surface area contributed by atoms with Gasteiger partial charge in [0.1, 0.15) is 13.1 Å². The molecule has 0 radical (unpaired) electrons. The molecule has 1 aliphatic heterocycles. The molecule has 1 aromatic heterocycles. The molecule has 5 heteroatoms. The Morgan fingerprint density at radius 1 is 1.30 bits per heavy atom. The highest BCUT2D eigenvalue weighted by Gasteiger charge is 2.14. The van der Waals surface area contributed by atoms with Crippen molar-refractivity contribution in [3.05, 3.63) is 24.3 Å². The van der Waals surface area contributed by atoms with Crippen molar-refractivity contribution in [2.45, 2.75) is 13.5 Å². The molecule has 2 heterocycles. The number of anilines is 1. The van der Waals surface area contributed by atoms with Crippen molar-refractivity contribution < 1.29 is 9.64 Å². The molecule has 20 heavy (non-hydrogen) atoms. The molecular weight excluding hydrogens is 252 g/mol. The molecule has 1 aliphatic rings. The SMILES string of the molecule is CCn1c(NCC[NH+]2CCOCC2)nc2ccccc21. The van der Waals surface area contributed by atoms with Gasteiger partial charge in [-0.3, -0.25) is 0 Å². The smallest absolute Gasteiger partial charge is 0.204 e. The Morgan fingerprint density at radius 2 is 2.10 bits per heavy atom. The number of imidazole rings is 1. The van der Waals surface area contributed by atoms with E-state index in [0.29, 0.717) is 0 Å². The second-order valence-electron chi connectivity index (χ2n) is 5.21. The van der Waals surface area contributed by atoms with E-state index in [2.05, 4.69) is 40.0 Å². The van der Waals surface area contributed by atoms with Crippen molar-refractivity contribution in [1.82, 2.24) is 9.55 Å². The highest BCUT2D eigenvalue weighted by Crippen LogP contribution is 2.18. The number of rotatable bonds is 5. The number of nitrogens with zero attached hydrogens (tertiary/aromatic N) is 2. The summed E-state index contributed by atoms with van der Waals surface area (Å²) in [7, 11) is 0. The molecule has 0 spiro atoms. The molecule has 108 valence electrons. The highest BCUT2D eigenvalue weighted by atomic mass is 16.5. The van der Waals surface area contributed by atoms with E-state index in [4.69, 9.17) is 4.74 Å². The molecule has 2 N–H and O–H groups in total. The zero-order valence-electron chi connectivity index (χ0n) is 12.1. The van der Waals surface area contributed by atoms with E-state index in [1.54, 1.807) is 4.90 Å². The minimum Gasteiger partial charge on any atom is -0.370 e. The van der Waals surface area contributed by atoms with Crippen molar-refractivity contribution in [3.63, 3.8) is 0 Å². The summed E-state index contributed by atoms with van der Waals surface area (Å²) in [6.45, 7) is 9.19. The molecule has 5 nitrogen and oxygen atoms in total. The number of nitrogens with one attached hydrogen (secondary N) is 2. The standard InChI is InChI=1S/C15H22N4O/c1-2-19-14-6-4-3-5-13(14)17-15(19)16-7-8-18-9-11-20-12-10-18/h3-6H,2,7-12H2,1H3,(H,16,17)/p+1. The van der Waals surface area contributed by atoms with Gasteiger partial charge in [0, 0.05) is 6.54 Å². The van der Waals surface area contributed by atoms with Gasteiger partial charge in [0.2, 0.25) is 5.95 Å². The fourth-order valence-electron chi connectivity index (χ4n) is 2.79. The number of fused-ring (bicyclic) bond motifs is 1. The minimum absolute atomic E-state index is 0.892. The summed E-state index contributed by atoms with van der Waals surface area (Å²) < 4.78 is 7.62. The summed E-state index contributed by atoms with van der Waals surface area (Å²) in [4.78, 5) is 6.30. The lowest BCUT2D eigenvalue weighted by Crippen LogP contribution is -3.14. The zero-order chi connectivity index (χ0) is 13.8. The van der Waals surface area contributed by atoms with Gasteiger partial charge >= 0.3 is 0 Å². The van der Waals surface area contributed by atoms with E-state index in [9.17, 15) is 0 Å². The van der Waals surface area contributed by atoms with Crippen LogP contribution >= 0.6 is 0 Å². The second-order valence-corrected chi connectivity index (χ2v) is 5.21. The monoisotopic (exact) mass is 275 g/mol. The summed E-state index contributed by atoms with van der Waals surface area (Å²) in [5.74, 6) is 0.987. The van der Waals surface area contributed by atoms with Gasteiger partial charge in [-0.25, -0.2) is 4.98 Å². The number of para-hydroxylation sites is 2. The normalized spacial score (nSPS) is 16.6. The summed E-state index contributed by atoms with van der Waals surface area (Å²) >= 11 is 0. The van der Waals surface area contributed by atoms with Crippen LogP contribution in [0, 0.1) is 0 Å². The summed E-state index contributed by atoms with van der Waals surface area (Å²) in [6, 6.07) is 8.30. The molecule has 1 aromatic carbocycles. The Bertz CT molecular complexity index is 560. The number of aromatic nitrogens is 2. The van der Waals surface area contributed by atoms with Gasteiger partial charge in [-0.2, -0.15) is 0 Å². The second kappa shape index (κ2) is 6.24. The Morgan fingerprint density at radius 3 is 2.90 bits per heavy atom. The van der Waals surface area contributed by atoms with Crippen molar-refractivity contribution in [2.24, 2.45) is 0 Å². The van der Waals surface area contributed by atoms with Crippen LogP contribution in [0.1, 0.15) is 6.92 Å². The van der Waals surface area contributed by atoms with E-state index in [-0.39, 0.29) is 0 Å². The fourth-order valence-corrected chi connectivity index (χ4v) is 2.79. The van der Waals surface area contributed by atoms with Crippen LogP contribution in [0.3, 0.4) is 0 Å². The summed E-state index contributed by atoms with van der Waals surface area (Å²) in [5, 5.41) is 3.49. The van der Waals surface area contributed by atoms with Crippen LogP contribution in [-0.2, 0) is 11.3 Å². The maximum absolute atomic E-state index is 5.38. The molecule has 2 aromatic rings. The fraction of sp³-hybridized carbons (Fsp3) is 0.533. The van der Waals surface area contributed by atoms with Gasteiger partial charge in [0.15, 0.2) is 0 Å². The minimum atomic E-state index is 0.892. The van der Waals surface area contributed by atoms with Crippen LogP contribution in [0.5, 0.6) is 0 Å². The van der Waals surface area contributed by atoms with Crippen molar-refractivity contribution in [2.75, 3.05) is 44.7 Å². The number of hydrogen-bond donors (Lipinski definition) is 2. The Balaban J connectivity index is 1.64. The Kier molecular flexibility index (Phi) is 4.18. The van der Waals surface area contributed by atoms with Crippen LogP contribution in [0.25, 0.3) is 11.0 Å². The third-order valence-corrected chi connectivity index (χ3v) is 3.93. The number of hydrogen-bond acceptors (Lipinski definition) is 3. The largest absolute Gasteiger partial charge is 0.370 e. The zero-order valence-corrected chi connectivity index (χ0v) is 12.1. The molecule has 0 atom stereocenters. The lowest BCUT2D eigenvalue weighted by atomic mass is 10.3. The van der Waals surface area contributed by atoms with Crippen LogP contribution in [0.2, 0.25) is 0 Å². The molecule has 0 aliphatic carbocycles. The first-order chi connectivity index (χ1) is 9.88. The van der Waals surface area contributed by atoms with Gasteiger partial charge < -0.3 is 19.5 Å². The van der Waals surface area contributed by atoms with Gasteiger partial charge in [0.05, 0.1) is 37.3 Å². The first-order valence-corrected chi connectivity index (χ1v) is 7.49. The van der Waals surface area contributed by atoms with Gasteiger partial charge in [-0.15, -0.1) is 0 Å². The molecular formula is C15H23N4O+. The summed E-state index contributed by atoms with van der Waals surface area (Å²) in [6.07, 6.45) is 0. The number of quaternary nitrogens is 1. The van der Waals surface area contributed by atoms with Gasteiger partial charge in [-0.05, 0) is 19.1 Å². The lowest BCUT2D eigenvalue weighted by molar-refractivity contribution is -0.906. The number of benzene rings is 1. The quantitative estimate of drug-likeness (QED) is 0.829. The molecule has 0 unspecified atom stereocenters. The van der Waals surface area contributed by atoms with Gasteiger partial charge in [0.25, 0.3) is 0 Å². The van der Waals surface area contributed by atoms with Crippen LogP contribution in [0.4, 0.5) is 5.95 Å². The van der Waals surface area contributed by atoms with Crippen LogP contribution in [-0.4, -0.2) is 48.9 Å². The third kappa shape index (κ3) is 2.78. The average molecular weight is 275 g/mol. The third-order valence-electron chi connectivity index (χ3n) is 3.93. The lowest BCUT2D eigenvalue weighted by Gasteiger charge is -2.23. The van der Waals surface area contributed by atoms with Gasteiger partial charge in [-0.1, -0.05) is 12.1 Å². The van der Waals surface area contributed by atoms with Crippen LogP contribution < -0.4 is 10.2 Å². The maximum Gasteiger partial charge on any atom is 0.204 e. The topological polar surface area (TPSA) is 43.5 Å². The molecule has 0 bridgehead atoms. The molecule has 0 saturated carbocycles. The van der Waals surface area contributed by atoms with E-state index >= 15 is 0 Å². The first kappa shape index (κ1) is 13.4. The molecule has 1 saturated heterocycles. The molecule has 1 fully saturated rings. The molecule has 0 amide bonds. The van der Waals surface area contributed by atoms with Crippen molar-refractivity contribution >= 4 is 17.0 Å². The predicted octanol–water partition coefficient (Wildman–Crippen LogP) is 0.383. The summed E-state index contributed by atoms with van der Waals surface area (Å²) in [5.41, 5.74) is 2.27. The van der Waals surface area contributed by atoms with E-state index in [1.165, 1.54) is 5.52 Å². The highest BCUT2D eigenvalue weighted by molar-refractivity contribution is 5.78. The first-order valence-electron chi connectivity index (χ1n) is 7.49. The predicted molar refractivity (Wildman–Crippen MR) is 80.3 cm³/mol. The van der Waals surface area contributed by atoms with Crippen molar-refractivity contribution in [3.8, 4) is 0 Å². The molecule has 3 rings (SSSR count). The van der Waals surface area contributed by atoms with E-state index in [1.807, 2.05) is 6.07 Å². The Hall–Kier alpha value is -1.59. The van der Waals surface area contributed by atoms with E-state index < -0.39 is 0 Å². The van der Waals surface area contributed by atoms with E-state index in [0.717, 1.165) is 57.4 Å². The maximum atomic E-state index is 5.38. The Labute approximate surface area is 119 Å². The number of ether oxygens (including phenoxy) is 1. The van der Waals surface area contributed by atoms with Crippen LogP contribution in [0.15, 0.2) is 24.3 Å². The average Bonchev–Trinajstić information content (AvgIpc) is 2.86.